The van der Waals surface area contributed by atoms with Crippen LogP contribution in [0.3, 0.4) is 0 Å². The molecule has 1 aromatic rings. The van der Waals surface area contributed by atoms with Crippen LogP contribution < -0.4 is 11.1 Å². The van der Waals surface area contributed by atoms with Crippen molar-refractivity contribution in [3.63, 3.8) is 0 Å². The Labute approximate surface area is 106 Å². The standard InChI is InChI=1S/C13H18N2OS/c1-9(14)12(16)15-13(7-8-13)10-5-3-4-6-11(10)17-2/h3-6,9H,7-8,14H2,1-2H3,(H,15,16). The van der Waals surface area contributed by atoms with Crippen molar-refractivity contribution in [2.45, 2.75) is 36.2 Å². The Bertz CT molecular complexity index is 427. The molecule has 1 atom stereocenters. The van der Waals surface area contributed by atoms with Gasteiger partial charge in [0.15, 0.2) is 0 Å². The van der Waals surface area contributed by atoms with Gasteiger partial charge in [0.25, 0.3) is 0 Å². The quantitative estimate of drug-likeness (QED) is 0.802. The second-order valence-electron chi connectivity index (χ2n) is 4.56. The van der Waals surface area contributed by atoms with Crippen LogP contribution in [0, 0.1) is 0 Å². The number of benzene rings is 1. The molecule has 0 bridgehead atoms. The van der Waals surface area contributed by atoms with Gasteiger partial charge < -0.3 is 11.1 Å². The Hall–Kier alpha value is -1.00. The van der Waals surface area contributed by atoms with Crippen LogP contribution in [0.15, 0.2) is 29.2 Å². The lowest BCUT2D eigenvalue weighted by Gasteiger charge is -2.21. The van der Waals surface area contributed by atoms with E-state index in [4.69, 9.17) is 5.73 Å². The fourth-order valence-corrected chi connectivity index (χ4v) is 2.67. The van der Waals surface area contributed by atoms with Gasteiger partial charge in [0, 0.05) is 4.90 Å². The van der Waals surface area contributed by atoms with E-state index in [-0.39, 0.29) is 11.4 Å². The van der Waals surface area contributed by atoms with Crippen LogP contribution in [0.4, 0.5) is 0 Å². The van der Waals surface area contributed by atoms with E-state index >= 15 is 0 Å². The van der Waals surface area contributed by atoms with Crippen LogP contribution >= 0.6 is 11.8 Å². The molecule has 3 N–H and O–H groups in total. The number of carbonyl (C=O) groups excluding carboxylic acids is 1. The van der Waals surface area contributed by atoms with Crippen molar-refractivity contribution < 1.29 is 4.79 Å². The summed E-state index contributed by atoms with van der Waals surface area (Å²) in [4.78, 5) is 13.0. The zero-order chi connectivity index (χ0) is 12.5. The van der Waals surface area contributed by atoms with Crippen LogP contribution in [0.2, 0.25) is 0 Å². The molecule has 1 saturated carbocycles. The van der Waals surface area contributed by atoms with Crippen LogP contribution in [0.1, 0.15) is 25.3 Å². The lowest BCUT2D eigenvalue weighted by molar-refractivity contribution is -0.123. The zero-order valence-electron chi connectivity index (χ0n) is 10.2. The van der Waals surface area contributed by atoms with Gasteiger partial charge in [-0.1, -0.05) is 18.2 Å². The molecule has 0 aromatic heterocycles. The summed E-state index contributed by atoms with van der Waals surface area (Å²) in [6.45, 7) is 1.71. The van der Waals surface area contributed by atoms with Crippen LogP contribution in [0.5, 0.6) is 0 Å². The molecule has 0 radical (unpaired) electrons. The molecule has 4 heteroatoms. The van der Waals surface area contributed by atoms with Gasteiger partial charge in [0.2, 0.25) is 5.91 Å². The lowest BCUT2D eigenvalue weighted by Crippen LogP contribution is -2.44. The summed E-state index contributed by atoms with van der Waals surface area (Å²) in [5.74, 6) is -0.0709. The Morgan fingerprint density at radius 3 is 2.65 bits per heavy atom. The van der Waals surface area contributed by atoms with E-state index in [9.17, 15) is 4.79 Å². The Morgan fingerprint density at radius 1 is 1.47 bits per heavy atom. The fraction of sp³-hybridized carbons (Fsp3) is 0.462. The molecule has 1 unspecified atom stereocenters. The minimum Gasteiger partial charge on any atom is -0.345 e. The molecule has 1 aliphatic carbocycles. The smallest absolute Gasteiger partial charge is 0.237 e. The molecule has 3 nitrogen and oxygen atoms in total. The second kappa shape index (κ2) is 4.70. The first-order valence-electron chi connectivity index (χ1n) is 5.80. The van der Waals surface area contributed by atoms with E-state index in [2.05, 4.69) is 23.7 Å². The molecule has 1 amide bonds. The molecule has 0 heterocycles. The molecule has 0 aliphatic heterocycles. The summed E-state index contributed by atoms with van der Waals surface area (Å²) in [6.07, 6.45) is 4.06. The van der Waals surface area contributed by atoms with Gasteiger partial charge in [-0.05, 0) is 37.7 Å². The summed E-state index contributed by atoms with van der Waals surface area (Å²) in [7, 11) is 0. The lowest BCUT2D eigenvalue weighted by atomic mass is 10.0. The van der Waals surface area contributed by atoms with Crippen molar-refractivity contribution in [2.75, 3.05) is 6.26 Å². The number of hydrogen-bond donors (Lipinski definition) is 2. The molecular weight excluding hydrogens is 232 g/mol. The van der Waals surface area contributed by atoms with Gasteiger partial charge in [-0.3, -0.25) is 4.79 Å². The second-order valence-corrected chi connectivity index (χ2v) is 5.41. The number of hydrogen-bond acceptors (Lipinski definition) is 3. The summed E-state index contributed by atoms with van der Waals surface area (Å²) in [5.41, 5.74) is 6.66. The van der Waals surface area contributed by atoms with Crippen molar-refractivity contribution >= 4 is 17.7 Å². The minimum atomic E-state index is -0.450. The normalized spacial score (nSPS) is 18.5. The van der Waals surface area contributed by atoms with Crippen molar-refractivity contribution in [3.05, 3.63) is 29.8 Å². The molecule has 0 saturated heterocycles. The third kappa shape index (κ3) is 2.48. The van der Waals surface area contributed by atoms with E-state index in [1.165, 1.54) is 10.5 Å². The Kier molecular flexibility index (Phi) is 3.45. The highest BCUT2D eigenvalue weighted by molar-refractivity contribution is 7.98. The average Bonchev–Trinajstić information content (AvgIpc) is 3.09. The predicted molar refractivity (Wildman–Crippen MR) is 70.9 cm³/mol. The van der Waals surface area contributed by atoms with E-state index in [0.29, 0.717) is 0 Å². The van der Waals surface area contributed by atoms with Crippen LogP contribution in [-0.2, 0) is 10.3 Å². The molecule has 2 rings (SSSR count). The van der Waals surface area contributed by atoms with Crippen molar-refractivity contribution in [1.82, 2.24) is 5.32 Å². The van der Waals surface area contributed by atoms with Gasteiger partial charge in [0.05, 0.1) is 11.6 Å². The molecule has 1 fully saturated rings. The maximum absolute atomic E-state index is 11.7. The monoisotopic (exact) mass is 250 g/mol. The van der Waals surface area contributed by atoms with E-state index in [1.54, 1.807) is 18.7 Å². The SMILES string of the molecule is CSc1ccccc1C1(NC(=O)C(C)N)CC1. The maximum Gasteiger partial charge on any atom is 0.237 e. The molecule has 1 aromatic carbocycles. The number of nitrogens with one attached hydrogen (secondary N) is 1. The average molecular weight is 250 g/mol. The minimum absolute atomic E-state index is 0.0709. The Balaban J connectivity index is 2.24. The summed E-state index contributed by atoms with van der Waals surface area (Å²) >= 11 is 1.72. The largest absolute Gasteiger partial charge is 0.345 e. The zero-order valence-corrected chi connectivity index (χ0v) is 11.0. The van der Waals surface area contributed by atoms with Gasteiger partial charge in [0.1, 0.15) is 0 Å². The maximum atomic E-state index is 11.7. The Morgan fingerprint density at radius 2 is 2.12 bits per heavy atom. The summed E-state index contributed by atoms with van der Waals surface area (Å²) < 4.78 is 0. The molecule has 92 valence electrons. The highest BCUT2D eigenvalue weighted by Crippen LogP contribution is 2.48. The third-order valence-electron chi connectivity index (χ3n) is 3.15. The number of nitrogens with two attached hydrogens (primary N) is 1. The topological polar surface area (TPSA) is 55.1 Å². The first-order chi connectivity index (χ1) is 8.09. The first kappa shape index (κ1) is 12.5. The van der Waals surface area contributed by atoms with Gasteiger partial charge in [-0.2, -0.15) is 0 Å². The number of carbonyl (C=O) groups is 1. The van der Waals surface area contributed by atoms with Gasteiger partial charge >= 0.3 is 0 Å². The number of amides is 1. The van der Waals surface area contributed by atoms with Gasteiger partial charge in [-0.15, -0.1) is 11.8 Å². The van der Waals surface area contributed by atoms with Crippen LogP contribution in [-0.4, -0.2) is 18.2 Å². The molecule has 17 heavy (non-hydrogen) atoms. The van der Waals surface area contributed by atoms with Gasteiger partial charge in [-0.25, -0.2) is 0 Å². The van der Waals surface area contributed by atoms with Crippen molar-refractivity contribution in [1.29, 1.82) is 0 Å². The third-order valence-corrected chi connectivity index (χ3v) is 3.94. The van der Waals surface area contributed by atoms with E-state index in [0.717, 1.165) is 12.8 Å². The summed E-state index contributed by atoms with van der Waals surface area (Å²) in [5, 5.41) is 3.08. The highest BCUT2D eigenvalue weighted by atomic mass is 32.2. The molecular formula is C13H18N2OS. The fourth-order valence-electron chi connectivity index (χ4n) is 1.98. The summed E-state index contributed by atoms with van der Waals surface area (Å²) in [6, 6.07) is 7.79. The predicted octanol–water partition coefficient (Wildman–Crippen LogP) is 1.86. The van der Waals surface area contributed by atoms with E-state index in [1.807, 2.05) is 12.1 Å². The highest BCUT2D eigenvalue weighted by Gasteiger charge is 2.47. The first-order valence-corrected chi connectivity index (χ1v) is 7.03. The number of rotatable bonds is 4. The molecule has 1 aliphatic rings. The van der Waals surface area contributed by atoms with E-state index < -0.39 is 6.04 Å². The molecule has 0 spiro atoms. The van der Waals surface area contributed by atoms with Crippen molar-refractivity contribution in [3.8, 4) is 0 Å². The number of thioether (sulfide) groups is 1. The van der Waals surface area contributed by atoms with Crippen LogP contribution in [0.25, 0.3) is 0 Å². The van der Waals surface area contributed by atoms with Crippen molar-refractivity contribution in [2.24, 2.45) is 5.73 Å².